The van der Waals surface area contributed by atoms with E-state index in [1.54, 1.807) is 0 Å². The number of hydrogen-bond donors (Lipinski definition) is 0. The van der Waals surface area contributed by atoms with Gasteiger partial charge in [0.25, 0.3) is 0 Å². The number of rotatable bonds is 6. The van der Waals surface area contributed by atoms with Crippen molar-refractivity contribution in [3.05, 3.63) is 30.3 Å². The Morgan fingerprint density at radius 2 is 1.55 bits per heavy atom. The lowest BCUT2D eigenvalue weighted by Gasteiger charge is -2.32. The van der Waals surface area contributed by atoms with Gasteiger partial charge in [0, 0.05) is 6.61 Å². The number of hydrogen-bond acceptors (Lipinski definition) is 3. The fourth-order valence-corrected chi connectivity index (χ4v) is 4.40. The average molecular weight is 320 g/mol. The summed E-state index contributed by atoms with van der Waals surface area (Å²) in [5, 5.41) is 1.34. The first kappa shape index (κ1) is 17.7. The Kier molecular flexibility index (Phi) is 5.22. The molecular weight excluding hydrogens is 291 g/mol. The van der Waals surface area contributed by atoms with Crippen LogP contribution >= 0.6 is 0 Å². The molecule has 22 heavy (non-hydrogen) atoms. The molecule has 0 aliphatic carbocycles. The van der Waals surface area contributed by atoms with E-state index in [0.29, 0.717) is 0 Å². The van der Waals surface area contributed by atoms with Crippen molar-refractivity contribution in [3.8, 4) is 0 Å². The highest BCUT2D eigenvalue weighted by molar-refractivity contribution is 6.84. The van der Waals surface area contributed by atoms with Gasteiger partial charge >= 0.3 is 7.12 Å². The van der Waals surface area contributed by atoms with Crippen LogP contribution in [0.5, 0.6) is 0 Å². The zero-order valence-corrected chi connectivity index (χ0v) is 15.8. The Morgan fingerprint density at radius 1 is 1.00 bits per heavy atom. The minimum atomic E-state index is -1.79. The molecule has 0 atom stereocenters. The molecule has 0 spiro atoms. The van der Waals surface area contributed by atoms with Gasteiger partial charge in [-0.25, -0.2) is 0 Å². The molecule has 1 fully saturated rings. The zero-order chi connectivity index (χ0) is 16.4. The van der Waals surface area contributed by atoms with Gasteiger partial charge in [0.15, 0.2) is 0 Å². The summed E-state index contributed by atoms with van der Waals surface area (Å²) in [6.07, 6.45) is 1.84. The van der Waals surface area contributed by atoms with E-state index in [0.717, 1.165) is 19.3 Å². The van der Waals surface area contributed by atoms with Gasteiger partial charge in [0.05, 0.1) is 11.2 Å². The van der Waals surface area contributed by atoms with Crippen molar-refractivity contribution >= 4 is 20.6 Å². The Bertz CT molecular complexity index is 472. The van der Waals surface area contributed by atoms with Crippen molar-refractivity contribution < 1.29 is 13.7 Å². The van der Waals surface area contributed by atoms with Gasteiger partial charge in [0.2, 0.25) is 8.32 Å². The van der Waals surface area contributed by atoms with Crippen LogP contribution in [0.25, 0.3) is 0 Å². The van der Waals surface area contributed by atoms with Crippen molar-refractivity contribution in [1.29, 1.82) is 0 Å². The molecule has 0 saturated carbocycles. The standard InChI is InChI=1S/C17H29BO3Si/c1-16(2)17(3,4)21-18(20-16)13-10-14-19-22(5,6)15-11-8-7-9-12-15/h7-9,11-12H,10,13-14H2,1-6H3. The van der Waals surface area contributed by atoms with Crippen LogP contribution in [-0.4, -0.2) is 33.2 Å². The maximum Gasteiger partial charge on any atom is 0.457 e. The van der Waals surface area contributed by atoms with Gasteiger partial charge < -0.3 is 13.7 Å². The summed E-state index contributed by atoms with van der Waals surface area (Å²) >= 11 is 0. The second kappa shape index (κ2) is 6.48. The lowest BCUT2D eigenvalue weighted by atomic mass is 9.83. The zero-order valence-electron chi connectivity index (χ0n) is 14.8. The van der Waals surface area contributed by atoms with E-state index in [1.165, 1.54) is 5.19 Å². The van der Waals surface area contributed by atoms with E-state index >= 15 is 0 Å². The number of benzene rings is 1. The normalized spacial score (nSPS) is 20.4. The van der Waals surface area contributed by atoms with Crippen LogP contribution in [0.3, 0.4) is 0 Å². The fraction of sp³-hybridized carbons (Fsp3) is 0.647. The van der Waals surface area contributed by atoms with Crippen LogP contribution in [0.1, 0.15) is 34.1 Å². The molecule has 0 aromatic heterocycles. The van der Waals surface area contributed by atoms with Crippen molar-refractivity contribution in [1.82, 2.24) is 0 Å². The minimum absolute atomic E-state index is 0.116. The molecule has 2 rings (SSSR count). The van der Waals surface area contributed by atoms with Crippen LogP contribution in [0.15, 0.2) is 30.3 Å². The van der Waals surface area contributed by atoms with Gasteiger partial charge in [-0.15, -0.1) is 0 Å². The molecule has 0 N–H and O–H groups in total. The molecule has 5 heteroatoms. The third-order valence-electron chi connectivity index (χ3n) is 4.82. The maximum atomic E-state index is 6.21. The van der Waals surface area contributed by atoms with E-state index in [2.05, 4.69) is 65.1 Å². The lowest BCUT2D eigenvalue weighted by Crippen LogP contribution is -2.44. The van der Waals surface area contributed by atoms with E-state index in [9.17, 15) is 0 Å². The Morgan fingerprint density at radius 3 is 2.09 bits per heavy atom. The van der Waals surface area contributed by atoms with Crippen molar-refractivity contribution in [2.45, 2.75) is 64.7 Å². The molecule has 3 nitrogen and oxygen atoms in total. The van der Waals surface area contributed by atoms with E-state index < -0.39 is 8.32 Å². The first-order valence-corrected chi connectivity index (χ1v) is 11.1. The van der Waals surface area contributed by atoms with Gasteiger partial charge in [-0.2, -0.15) is 0 Å². The Labute approximate surface area is 136 Å². The van der Waals surface area contributed by atoms with Crippen LogP contribution in [-0.2, 0) is 13.7 Å². The maximum absolute atomic E-state index is 6.21. The summed E-state index contributed by atoms with van der Waals surface area (Å²) in [4.78, 5) is 0. The molecule has 1 aliphatic rings. The van der Waals surface area contributed by atoms with Crippen molar-refractivity contribution in [2.75, 3.05) is 6.61 Å². The van der Waals surface area contributed by atoms with Crippen molar-refractivity contribution in [2.24, 2.45) is 0 Å². The van der Waals surface area contributed by atoms with E-state index in [-0.39, 0.29) is 18.3 Å². The van der Waals surface area contributed by atoms with Gasteiger partial charge in [0.1, 0.15) is 0 Å². The summed E-state index contributed by atoms with van der Waals surface area (Å²) in [7, 11) is -1.91. The predicted octanol–water partition coefficient (Wildman–Crippen LogP) is 3.60. The molecule has 1 saturated heterocycles. The molecule has 0 bridgehead atoms. The van der Waals surface area contributed by atoms with Crippen LogP contribution in [0.4, 0.5) is 0 Å². The smallest absolute Gasteiger partial charge is 0.413 e. The molecular formula is C17H29BO3Si. The molecule has 122 valence electrons. The van der Waals surface area contributed by atoms with Crippen LogP contribution < -0.4 is 5.19 Å². The quantitative estimate of drug-likeness (QED) is 0.592. The Hall–Kier alpha value is -0.618. The molecule has 0 radical (unpaired) electrons. The van der Waals surface area contributed by atoms with Crippen LogP contribution in [0, 0.1) is 0 Å². The molecule has 0 amide bonds. The van der Waals surface area contributed by atoms with Crippen molar-refractivity contribution in [3.63, 3.8) is 0 Å². The highest BCUT2D eigenvalue weighted by atomic mass is 28.4. The average Bonchev–Trinajstić information content (AvgIpc) is 2.64. The summed E-state index contributed by atoms with van der Waals surface area (Å²) in [5.74, 6) is 0. The largest absolute Gasteiger partial charge is 0.457 e. The summed E-state index contributed by atoms with van der Waals surface area (Å²) in [5.41, 5.74) is -0.479. The first-order valence-electron chi connectivity index (χ1n) is 8.19. The van der Waals surface area contributed by atoms with E-state index in [1.807, 2.05) is 6.07 Å². The fourth-order valence-electron chi connectivity index (χ4n) is 2.58. The molecule has 1 heterocycles. The monoisotopic (exact) mass is 320 g/mol. The highest BCUT2D eigenvalue weighted by Gasteiger charge is 2.50. The van der Waals surface area contributed by atoms with Gasteiger partial charge in [-0.1, -0.05) is 30.3 Å². The lowest BCUT2D eigenvalue weighted by molar-refractivity contribution is 0.00578. The highest BCUT2D eigenvalue weighted by Crippen LogP contribution is 2.37. The minimum Gasteiger partial charge on any atom is -0.413 e. The van der Waals surface area contributed by atoms with E-state index in [4.69, 9.17) is 13.7 Å². The molecule has 1 aromatic rings. The Balaban J connectivity index is 1.76. The topological polar surface area (TPSA) is 27.7 Å². The molecule has 1 aromatic carbocycles. The summed E-state index contributed by atoms with van der Waals surface area (Å²) < 4.78 is 18.2. The molecule has 1 aliphatic heterocycles. The first-order chi connectivity index (χ1) is 10.1. The second-order valence-electron chi connectivity index (χ2n) is 7.55. The SMILES string of the molecule is CC1(C)OB(CCCO[Si](C)(C)c2ccccc2)OC1(C)C. The van der Waals surface area contributed by atoms with Crippen LogP contribution in [0.2, 0.25) is 19.4 Å². The predicted molar refractivity (Wildman–Crippen MR) is 95.0 cm³/mol. The second-order valence-corrected chi connectivity index (χ2v) is 11.4. The van der Waals surface area contributed by atoms with Gasteiger partial charge in [-0.3, -0.25) is 0 Å². The summed E-state index contributed by atoms with van der Waals surface area (Å²) in [6.45, 7) is 13.6. The van der Waals surface area contributed by atoms with Gasteiger partial charge in [-0.05, 0) is 58.7 Å². The molecule has 0 unspecified atom stereocenters. The summed E-state index contributed by atoms with van der Waals surface area (Å²) in [6, 6.07) is 10.5. The third kappa shape index (κ3) is 4.02. The third-order valence-corrected chi connectivity index (χ3v) is 7.47.